The lowest BCUT2D eigenvalue weighted by Gasteiger charge is -2.24. The van der Waals surface area contributed by atoms with Crippen molar-refractivity contribution in [3.05, 3.63) is 78.1 Å². The summed E-state index contributed by atoms with van der Waals surface area (Å²) in [5.41, 5.74) is 1.33. The molecule has 0 unspecified atom stereocenters. The normalized spacial score (nSPS) is 16.5. The molecule has 1 N–H and O–H groups in total. The minimum absolute atomic E-state index is 0.272. The van der Waals surface area contributed by atoms with Crippen LogP contribution in [0.3, 0.4) is 0 Å². The van der Waals surface area contributed by atoms with Gasteiger partial charge in [-0.05, 0) is 42.0 Å². The summed E-state index contributed by atoms with van der Waals surface area (Å²) in [4.78, 5) is 26.9. The van der Waals surface area contributed by atoms with Crippen molar-refractivity contribution in [3.8, 4) is 0 Å². The number of nitrogens with zero attached hydrogens (tertiary/aromatic N) is 1. The van der Waals surface area contributed by atoms with Gasteiger partial charge in [0.05, 0.1) is 6.04 Å². The largest absolute Gasteiger partial charge is 0.327 e. The third-order valence-electron chi connectivity index (χ3n) is 4.98. The van der Waals surface area contributed by atoms with Crippen molar-refractivity contribution in [1.29, 1.82) is 0 Å². The number of hydrogen-bond acceptors (Lipinski definition) is 2. The summed E-state index contributed by atoms with van der Waals surface area (Å²) < 4.78 is 13.6. The van der Waals surface area contributed by atoms with E-state index in [4.69, 9.17) is 0 Å². The molecule has 1 heterocycles. The number of fused-ring (bicyclic) bond motifs is 1. The van der Waals surface area contributed by atoms with Gasteiger partial charge in [0.2, 0.25) is 0 Å². The maximum Gasteiger partial charge on any atom is 0.313 e. The monoisotopic (exact) mass is 362 g/mol. The van der Waals surface area contributed by atoms with Crippen molar-refractivity contribution in [2.45, 2.75) is 18.9 Å². The number of likely N-dealkylation sites (tertiary alicyclic amines) is 1. The number of benzene rings is 3. The molecular formula is C22H19FN2O2. The lowest BCUT2D eigenvalue weighted by Crippen LogP contribution is -2.39. The van der Waals surface area contributed by atoms with E-state index < -0.39 is 11.8 Å². The van der Waals surface area contributed by atoms with Crippen molar-refractivity contribution in [2.24, 2.45) is 0 Å². The van der Waals surface area contributed by atoms with E-state index >= 15 is 0 Å². The smallest absolute Gasteiger partial charge is 0.313 e. The molecule has 1 aliphatic heterocycles. The van der Waals surface area contributed by atoms with Crippen LogP contribution in [0.25, 0.3) is 10.8 Å². The van der Waals surface area contributed by atoms with E-state index in [1.807, 2.05) is 36.4 Å². The highest BCUT2D eigenvalue weighted by Crippen LogP contribution is 2.32. The van der Waals surface area contributed by atoms with Gasteiger partial charge in [0, 0.05) is 17.6 Å². The first-order valence-electron chi connectivity index (χ1n) is 8.98. The Kier molecular flexibility index (Phi) is 4.59. The molecule has 4 nitrogen and oxygen atoms in total. The van der Waals surface area contributed by atoms with Crippen LogP contribution in [0.4, 0.5) is 10.1 Å². The predicted octanol–water partition coefficient (Wildman–Crippen LogP) is 4.28. The lowest BCUT2D eigenvalue weighted by molar-refractivity contribution is -0.143. The Bertz CT molecular complexity index is 1010. The molecule has 1 atom stereocenters. The number of hydrogen-bond donors (Lipinski definition) is 1. The Hall–Kier alpha value is -3.21. The molecule has 0 saturated carbocycles. The predicted molar refractivity (Wildman–Crippen MR) is 103 cm³/mol. The summed E-state index contributed by atoms with van der Waals surface area (Å²) in [5.74, 6) is -1.60. The number of halogens is 1. The van der Waals surface area contributed by atoms with E-state index in [1.54, 1.807) is 18.2 Å². The average Bonchev–Trinajstić information content (AvgIpc) is 3.17. The van der Waals surface area contributed by atoms with Crippen molar-refractivity contribution in [1.82, 2.24) is 4.90 Å². The number of rotatable bonds is 2. The number of amides is 2. The highest BCUT2D eigenvalue weighted by Gasteiger charge is 2.33. The molecule has 1 aliphatic rings. The SMILES string of the molecule is O=C(Nc1cccc2ccccc12)C(=O)N1CCC[C@@H]1c1cccc(F)c1. The highest BCUT2D eigenvalue weighted by molar-refractivity contribution is 6.40. The van der Waals surface area contributed by atoms with E-state index in [9.17, 15) is 14.0 Å². The standard InChI is InChI=1S/C22H19FN2O2/c23-17-9-3-8-16(14-17)20-12-5-13-25(20)22(27)21(26)24-19-11-4-7-15-6-1-2-10-18(15)19/h1-4,6-11,14,20H,5,12-13H2,(H,24,26)/t20-/m1/s1. The number of nitrogens with one attached hydrogen (secondary N) is 1. The molecule has 0 bridgehead atoms. The fourth-order valence-corrected chi connectivity index (χ4v) is 3.71. The summed E-state index contributed by atoms with van der Waals surface area (Å²) in [5, 5.41) is 4.61. The van der Waals surface area contributed by atoms with Crippen LogP contribution >= 0.6 is 0 Å². The fourth-order valence-electron chi connectivity index (χ4n) is 3.71. The van der Waals surface area contributed by atoms with Crippen LogP contribution < -0.4 is 5.32 Å². The summed E-state index contributed by atoms with van der Waals surface area (Å²) in [6.07, 6.45) is 1.51. The zero-order valence-corrected chi connectivity index (χ0v) is 14.7. The zero-order chi connectivity index (χ0) is 18.8. The second-order valence-corrected chi connectivity index (χ2v) is 6.69. The van der Waals surface area contributed by atoms with Gasteiger partial charge < -0.3 is 10.2 Å². The Morgan fingerprint density at radius 2 is 1.78 bits per heavy atom. The van der Waals surface area contributed by atoms with E-state index in [0.29, 0.717) is 12.2 Å². The van der Waals surface area contributed by atoms with Crippen LogP contribution in [-0.2, 0) is 9.59 Å². The Balaban J connectivity index is 1.55. The lowest BCUT2D eigenvalue weighted by atomic mass is 10.0. The van der Waals surface area contributed by atoms with Gasteiger partial charge in [0.25, 0.3) is 0 Å². The molecule has 136 valence electrons. The summed E-state index contributed by atoms with van der Waals surface area (Å²) in [7, 11) is 0. The molecule has 5 heteroatoms. The second-order valence-electron chi connectivity index (χ2n) is 6.69. The van der Waals surface area contributed by atoms with Gasteiger partial charge >= 0.3 is 11.8 Å². The first-order chi connectivity index (χ1) is 13.1. The van der Waals surface area contributed by atoms with E-state index in [1.165, 1.54) is 17.0 Å². The van der Waals surface area contributed by atoms with Gasteiger partial charge in [0.1, 0.15) is 5.82 Å². The Labute approximate surface area is 156 Å². The Morgan fingerprint density at radius 3 is 2.63 bits per heavy atom. The molecule has 0 aliphatic carbocycles. The van der Waals surface area contributed by atoms with Crippen LogP contribution in [0.15, 0.2) is 66.7 Å². The van der Waals surface area contributed by atoms with Crippen LogP contribution in [0.2, 0.25) is 0 Å². The molecule has 3 aromatic rings. The van der Waals surface area contributed by atoms with Gasteiger partial charge in [-0.25, -0.2) is 4.39 Å². The number of carbonyl (C=O) groups is 2. The van der Waals surface area contributed by atoms with E-state index in [-0.39, 0.29) is 11.9 Å². The van der Waals surface area contributed by atoms with Crippen LogP contribution in [0, 0.1) is 5.82 Å². The van der Waals surface area contributed by atoms with Gasteiger partial charge in [-0.1, -0.05) is 48.5 Å². The quantitative estimate of drug-likeness (QED) is 0.692. The summed E-state index contributed by atoms with van der Waals surface area (Å²) in [6.45, 7) is 0.489. The Morgan fingerprint density at radius 1 is 1.00 bits per heavy atom. The van der Waals surface area contributed by atoms with Gasteiger partial charge in [-0.15, -0.1) is 0 Å². The average molecular weight is 362 g/mol. The molecule has 0 radical (unpaired) electrons. The molecule has 1 saturated heterocycles. The van der Waals surface area contributed by atoms with Crippen molar-refractivity contribution < 1.29 is 14.0 Å². The third-order valence-corrected chi connectivity index (χ3v) is 4.98. The third kappa shape index (κ3) is 3.40. The topological polar surface area (TPSA) is 49.4 Å². The molecule has 0 spiro atoms. The highest BCUT2D eigenvalue weighted by atomic mass is 19.1. The maximum absolute atomic E-state index is 13.6. The van der Waals surface area contributed by atoms with E-state index in [2.05, 4.69) is 5.32 Å². The first-order valence-corrected chi connectivity index (χ1v) is 8.98. The summed E-state index contributed by atoms with van der Waals surface area (Å²) in [6, 6.07) is 19.2. The molecule has 2 amide bonds. The van der Waals surface area contributed by atoms with Crippen LogP contribution in [0.1, 0.15) is 24.4 Å². The van der Waals surface area contributed by atoms with Crippen LogP contribution in [0.5, 0.6) is 0 Å². The molecule has 0 aromatic heterocycles. The van der Waals surface area contributed by atoms with Crippen LogP contribution in [-0.4, -0.2) is 23.3 Å². The van der Waals surface area contributed by atoms with Crippen molar-refractivity contribution in [3.63, 3.8) is 0 Å². The minimum Gasteiger partial charge on any atom is -0.327 e. The zero-order valence-electron chi connectivity index (χ0n) is 14.7. The first kappa shape index (κ1) is 17.2. The van der Waals surface area contributed by atoms with Crippen molar-refractivity contribution >= 4 is 28.3 Å². The van der Waals surface area contributed by atoms with E-state index in [0.717, 1.165) is 29.2 Å². The maximum atomic E-state index is 13.6. The number of carbonyl (C=O) groups excluding carboxylic acids is 2. The van der Waals surface area contributed by atoms with Gasteiger partial charge in [0.15, 0.2) is 0 Å². The van der Waals surface area contributed by atoms with Crippen molar-refractivity contribution in [2.75, 3.05) is 11.9 Å². The molecule has 1 fully saturated rings. The molecule has 27 heavy (non-hydrogen) atoms. The number of anilines is 1. The second kappa shape index (κ2) is 7.19. The molecule has 4 rings (SSSR count). The molecular weight excluding hydrogens is 343 g/mol. The summed E-state index contributed by atoms with van der Waals surface area (Å²) >= 11 is 0. The van der Waals surface area contributed by atoms with Gasteiger partial charge in [-0.3, -0.25) is 9.59 Å². The molecule has 3 aromatic carbocycles. The minimum atomic E-state index is -0.672. The fraction of sp³-hybridized carbons (Fsp3) is 0.182. The van der Waals surface area contributed by atoms with Gasteiger partial charge in [-0.2, -0.15) is 0 Å².